The van der Waals surface area contributed by atoms with Gasteiger partial charge in [-0.3, -0.25) is 14.2 Å². The second-order valence-corrected chi connectivity index (χ2v) is 8.03. The molecule has 30 heavy (non-hydrogen) atoms. The van der Waals surface area contributed by atoms with Crippen molar-refractivity contribution in [1.82, 2.24) is 15.1 Å². The van der Waals surface area contributed by atoms with Gasteiger partial charge in [0.1, 0.15) is 0 Å². The second kappa shape index (κ2) is 8.19. The Bertz CT molecular complexity index is 1160. The fourth-order valence-corrected chi connectivity index (χ4v) is 3.97. The van der Waals surface area contributed by atoms with Gasteiger partial charge in [0.25, 0.3) is 15.9 Å². The first-order chi connectivity index (χ1) is 14.1. The number of nitrogens with one attached hydrogen (secondary N) is 2. The zero-order chi connectivity index (χ0) is 21.9. The number of hydrogen-bond acceptors (Lipinski definition) is 4. The number of nitrogens with zero attached hydrogens (tertiary/aromatic N) is 2. The number of aryl methyl sites for hydroxylation is 1. The molecule has 7 nitrogen and oxygen atoms in total. The molecule has 2 aromatic carbocycles. The van der Waals surface area contributed by atoms with Crippen LogP contribution in [0.5, 0.6) is 0 Å². The molecule has 1 amide bonds. The van der Waals surface area contributed by atoms with Crippen molar-refractivity contribution < 1.29 is 26.4 Å². The number of anilines is 1. The normalized spacial score (nSPS) is 11.9. The smallest absolute Gasteiger partial charge is 0.348 e. The average Bonchev–Trinajstić information content (AvgIpc) is 3.09. The molecule has 0 unspecified atom stereocenters. The summed E-state index contributed by atoms with van der Waals surface area (Å²) in [6, 6.07) is 10.5. The predicted molar refractivity (Wildman–Crippen MR) is 103 cm³/mol. The van der Waals surface area contributed by atoms with Crippen LogP contribution in [0.2, 0.25) is 0 Å². The summed E-state index contributed by atoms with van der Waals surface area (Å²) in [7, 11) is -2.82. The Balaban J connectivity index is 1.93. The lowest BCUT2D eigenvalue weighted by atomic mass is 10.1. The van der Waals surface area contributed by atoms with Crippen molar-refractivity contribution in [3.8, 4) is 0 Å². The van der Waals surface area contributed by atoms with Gasteiger partial charge >= 0.3 is 6.18 Å². The van der Waals surface area contributed by atoms with Crippen LogP contribution in [0, 0.1) is 0 Å². The zero-order valence-corrected chi connectivity index (χ0v) is 16.5. The van der Waals surface area contributed by atoms with Crippen molar-refractivity contribution in [3.63, 3.8) is 0 Å². The van der Waals surface area contributed by atoms with Gasteiger partial charge in [-0.25, -0.2) is 8.42 Å². The topological polar surface area (TPSA) is 93.1 Å². The largest absolute Gasteiger partial charge is 0.416 e. The van der Waals surface area contributed by atoms with Gasteiger partial charge in [0.05, 0.1) is 22.3 Å². The van der Waals surface area contributed by atoms with Gasteiger partial charge in [-0.05, 0) is 29.8 Å². The van der Waals surface area contributed by atoms with Crippen LogP contribution in [0.15, 0.2) is 65.8 Å². The molecule has 0 aliphatic heterocycles. The Labute approximate surface area is 170 Å². The van der Waals surface area contributed by atoms with Crippen molar-refractivity contribution in [2.24, 2.45) is 7.05 Å². The van der Waals surface area contributed by atoms with Crippen LogP contribution in [-0.4, -0.2) is 24.1 Å². The Kier molecular flexibility index (Phi) is 5.83. The van der Waals surface area contributed by atoms with Crippen LogP contribution >= 0.6 is 0 Å². The van der Waals surface area contributed by atoms with Gasteiger partial charge < -0.3 is 5.32 Å². The molecule has 0 aliphatic rings. The van der Waals surface area contributed by atoms with E-state index in [2.05, 4.69) is 15.1 Å². The van der Waals surface area contributed by atoms with E-state index in [1.807, 2.05) is 0 Å². The predicted octanol–water partition coefficient (Wildman–Crippen LogP) is 3.17. The van der Waals surface area contributed by atoms with Crippen LogP contribution in [0.25, 0.3) is 0 Å². The molecule has 2 N–H and O–H groups in total. The first-order valence-corrected chi connectivity index (χ1v) is 10.1. The van der Waals surface area contributed by atoms with E-state index in [-0.39, 0.29) is 17.8 Å². The highest BCUT2D eigenvalue weighted by Crippen LogP contribution is 2.32. The SMILES string of the molecule is Cn1cc(NS(=O)(=O)c2cc(C(F)(F)F)ccc2CNC(=O)c2ccccc2)cn1. The number of halogens is 3. The van der Waals surface area contributed by atoms with Crippen molar-refractivity contribution >= 4 is 21.6 Å². The van der Waals surface area contributed by atoms with Gasteiger partial charge in [-0.1, -0.05) is 24.3 Å². The van der Waals surface area contributed by atoms with Gasteiger partial charge in [-0.15, -0.1) is 0 Å². The minimum atomic E-state index is -4.73. The van der Waals surface area contributed by atoms with Crippen LogP contribution in [0.1, 0.15) is 21.5 Å². The van der Waals surface area contributed by atoms with E-state index in [0.717, 1.165) is 12.1 Å². The van der Waals surface area contributed by atoms with Crippen molar-refractivity contribution in [3.05, 3.63) is 77.6 Å². The maximum Gasteiger partial charge on any atom is 0.416 e. The lowest BCUT2D eigenvalue weighted by Crippen LogP contribution is -2.25. The van der Waals surface area contributed by atoms with E-state index in [1.165, 1.54) is 17.1 Å². The number of sulfonamides is 1. The molecule has 0 saturated carbocycles. The highest BCUT2D eigenvalue weighted by atomic mass is 32.2. The van der Waals surface area contributed by atoms with Gasteiger partial charge in [-0.2, -0.15) is 18.3 Å². The average molecular weight is 438 g/mol. The highest BCUT2D eigenvalue weighted by molar-refractivity contribution is 7.92. The van der Waals surface area contributed by atoms with Crippen molar-refractivity contribution in [1.29, 1.82) is 0 Å². The third-order valence-corrected chi connectivity index (χ3v) is 5.58. The fourth-order valence-electron chi connectivity index (χ4n) is 2.68. The first-order valence-electron chi connectivity index (χ1n) is 8.61. The Morgan fingerprint density at radius 3 is 2.43 bits per heavy atom. The number of hydrogen-bond donors (Lipinski definition) is 2. The van der Waals surface area contributed by atoms with E-state index in [4.69, 9.17) is 0 Å². The number of aromatic nitrogens is 2. The Morgan fingerprint density at radius 2 is 1.83 bits per heavy atom. The first kappa shape index (κ1) is 21.4. The van der Waals surface area contributed by atoms with Crippen LogP contribution in [0.3, 0.4) is 0 Å². The monoisotopic (exact) mass is 438 g/mol. The summed E-state index contributed by atoms with van der Waals surface area (Å²) in [5, 5.41) is 6.34. The molecule has 1 aromatic heterocycles. The number of carbonyl (C=O) groups is 1. The van der Waals surface area contributed by atoms with Crippen LogP contribution in [0.4, 0.5) is 18.9 Å². The maximum absolute atomic E-state index is 13.2. The number of alkyl halides is 3. The lowest BCUT2D eigenvalue weighted by Gasteiger charge is -2.15. The summed E-state index contributed by atoms with van der Waals surface area (Å²) in [6.07, 6.45) is -2.14. The molecule has 0 saturated heterocycles. The summed E-state index contributed by atoms with van der Waals surface area (Å²) in [4.78, 5) is 11.6. The van der Waals surface area contributed by atoms with E-state index in [0.29, 0.717) is 11.6 Å². The maximum atomic E-state index is 13.2. The van der Waals surface area contributed by atoms with Crippen LogP contribution in [-0.2, 0) is 29.8 Å². The quantitative estimate of drug-likeness (QED) is 0.618. The van der Waals surface area contributed by atoms with Gasteiger partial charge in [0.2, 0.25) is 0 Å². The summed E-state index contributed by atoms with van der Waals surface area (Å²) in [5.74, 6) is -0.487. The van der Waals surface area contributed by atoms with E-state index < -0.39 is 32.6 Å². The van der Waals surface area contributed by atoms with Gasteiger partial charge in [0, 0.05) is 25.4 Å². The molecule has 3 rings (SSSR count). The highest BCUT2D eigenvalue weighted by Gasteiger charge is 2.33. The zero-order valence-electron chi connectivity index (χ0n) is 15.6. The summed E-state index contributed by atoms with van der Waals surface area (Å²) in [6.45, 7) is -0.283. The summed E-state index contributed by atoms with van der Waals surface area (Å²) < 4.78 is 68.6. The number of amides is 1. The second-order valence-electron chi connectivity index (χ2n) is 6.38. The Morgan fingerprint density at radius 1 is 1.13 bits per heavy atom. The minimum absolute atomic E-state index is 0.00340. The molecule has 0 radical (unpaired) electrons. The molecule has 0 bridgehead atoms. The molecular weight excluding hydrogens is 421 g/mol. The molecule has 0 atom stereocenters. The number of carbonyl (C=O) groups excluding carboxylic acids is 1. The number of rotatable bonds is 6. The summed E-state index contributed by atoms with van der Waals surface area (Å²) in [5.41, 5.74) is -0.688. The lowest BCUT2D eigenvalue weighted by molar-refractivity contribution is -0.137. The van der Waals surface area contributed by atoms with Gasteiger partial charge in [0.15, 0.2) is 0 Å². The molecule has 158 valence electrons. The third kappa shape index (κ3) is 4.98. The standard InChI is InChI=1S/C19H17F3N4O3S/c1-26-12-16(11-24-26)25-30(28,29)17-9-15(19(20,21)22)8-7-14(17)10-23-18(27)13-5-3-2-4-6-13/h2-9,11-12,25H,10H2,1H3,(H,23,27). The molecule has 0 spiro atoms. The molecule has 0 aliphatic carbocycles. The van der Waals surface area contributed by atoms with E-state index in [1.54, 1.807) is 37.4 Å². The molecule has 3 aromatic rings. The fraction of sp³-hybridized carbons (Fsp3) is 0.158. The van der Waals surface area contributed by atoms with Crippen molar-refractivity contribution in [2.45, 2.75) is 17.6 Å². The van der Waals surface area contributed by atoms with E-state index in [9.17, 15) is 26.4 Å². The molecule has 0 fully saturated rings. The van der Waals surface area contributed by atoms with E-state index >= 15 is 0 Å². The Hall–Kier alpha value is -3.34. The summed E-state index contributed by atoms with van der Waals surface area (Å²) >= 11 is 0. The van der Waals surface area contributed by atoms with Crippen molar-refractivity contribution in [2.75, 3.05) is 4.72 Å². The minimum Gasteiger partial charge on any atom is -0.348 e. The molecule has 1 heterocycles. The molecular formula is C19H17F3N4O3S. The van der Waals surface area contributed by atoms with Crippen LogP contribution < -0.4 is 10.0 Å². The number of benzene rings is 2. The third-order valence-electron chi connectivity index (χ3n) is 4.12. The molecule has 11 heteroatoms.